The molecular weight excluding hydrogens is 320 g/mol. The molecule has 0 bridgehead atoms. The molecule has 6 heteroatoms. The zero-order valence-electron chi connectivity index (χ0n) is 13.3. The van der Waals surface area contributed by atoms with Gasteiger partial charge in [-0.3, -0.25) is 4.98 Å². The Morgan fingerprint density at radius 1 is 1.21 bits per heavy atom. The average Bonchev–Trinajstić information content (AvgIpc) is 3.12. The number of nitrogens with one attached hydrogen (secondary N) is 2. The third-order valence-electron chi connectivity index (χ3n) is 3.49. The molecule has 1 aromatic carbocycles. The molecule has 2 amide bonds. The highest BCUT2D eigenvalue weighted by Crippen LogP contribution is 2.25. The first kappa shape index (κ1) is 16.1. The number of aromatic nitrogens is 2. The molecule has 0 unspecified atom stereocenters. The molecule has 0 spiro atoms. The third kappa shape index (κ3) is 4.17. The Morgan fingerprint density at radius 3 is 2.79 bits per heavy atom. The minimum absolute atomic E-state index is 0.152. The fourth-order valence-electron chi connectivity index (χ4n) is 2.22. The summed E-state index contributed by atoms with van der Waals surface area (Å²) in [5.74, 6) is 0. The van der Waals surface area contributed by atoms with Crippen LogP contribution < -0.4 is 10.6 Å². The highest BCUT2D eigenvalue weighted by molar-refractivity contribution is 7.10. The van der Waals surface area contributed by atoms with Crippen molar-refractivity contribution in [1.82, 2.24) is 20.6 Å². The second kappa shape index (κ2) is 7.70. The van der Waals surface area contributed by atoms with E-state index in [1.54, 1.807) is 23.7 Å². The smallest absolute Gasteiger partial charge is 0.315 e. The van der Waals surface area contributed by atoms with Gasteiger partial charge in [-0.25, -0.2) is 9.78 Å². The summed E-state index contributed by atoms with van der Waals surface area (Å²) < 4.78 is 0. The highest BCUT2D eigenvalue weighted by Gasteiger charge is 2.13. The number of pyridine rings is 1. The number of amides is 2. The van der Waals surface area contributed by atoms with Gasteiger partial charge < -0.3 is 10.6 Å². The number of carbonyl (C=O) groups excluding carboxylic acids is 1. The minimum atomic E-state index is -0.220. The molecule has 3 rings (SSSR count). The van der Waals surface area contributed by atoms with Gasteiger partial charge in [0.1, 0.15) is 5.01 Å². The first-order valence-corrected chi connectivity index (χ1v) is 8.54. The van der Waals surface area contributed by atoms with E-state index in [2.05, 4.69) is 20.6 Å². The second-order valence-corrected chi connectivity index (χ2v) is 6.24. The van der Waals surface area contributed by atoms with E-state index < -0.39 is 0 Å². The zero-order valence-corrected chi connectivity index (χ0v) is 14.1. The minimum Gasteiger partial charge on any atom is -0.334 e. The molecule has 0 aliphatic heterocycles. The topological polar surface area (TPSA) is 66.9 Å². The van der Waals surface area contributed by atoms with Crippen LogP contribution in [-0.2, 0) is 6.54 Å². The Hall–Kier alpha value is -2.73. The maximum absolute atomic E-state index is 12.0. The van der Waals surface area contributed by atoms with E-state index in [-0.39, 0.29) is 12.1 Å². The summed E-state index contributed by atoms with van der Waals surface area (Å²) in [7, 11) is 0. The van der Waals surface area contributed by atoms with Crippen molar-refractivity contribution in [2.24, 2.45) is 0 Å². The zero-order chi connectivity index (χ0) is 16.8. The lowest BCUT2D eigenvalue weighted by Gasteiger charge is -2.12. The fourth-order valence-corrected chi connectivity index (χ4v) is 3.06. The van der Waals surface area contributed by atoms with Gasteiger partial charge in [0, 0.05) is 29.9 Å². The first-order valence-electron chi connectivity index (χ1n) is 7.66. The molecule has 122 valence electrons. The van der Waals surface area contributed by atoms with E-state index in [4.69, 9.17) is 0 Å². The molecule has 1 atom stereocenters. The number of rotatable bonds is 5. The van der Waals surface area contributed by atoms with Gasteiger partial charge in [-0.05, 0) is 18.6 Å². The van der Waals surface area contributed by atoms with Crippen molar-refractivity contribution in [2.75, 3.05) is 0 Å². The quantitative estimate of drug-likeness (QED) is 0.744. The predicted octanol–water partition coefficient (Wildman–Crippen LogP) is 3.77. The Labute approximate surface area is 144 Å². The van der Waals surface area contributed by atoms with E-state index in [0.717, 1.165) is 21.8 Å². The molecule has 0 saturated carbocycles. The molecule has 2 N–H and O–H groups in total. The molecular formula is C18H18N4OS. The summed E-state index contributed by atoms with van der Waals surface area (Å²) in [6.07, 6.45) is 3.44. The summed E-state index contributed by atoms with van der Waals surface area (Å²) >= 11 is 1.55. The summed E-state index contributed by atoms with van der Waals surface area (Å²) in [5.41, 5.74) is 2.97. The van der Waals surface area contributed by atoms with Gasteiger partial charge in [0.05, 0.1) is 11.7 Å². The van der Waals surface area contributed by atoms with E-state index in [0.29, 0.717) is 6.54 Å². The summed E-state index contributed by atoms with van der Waals surface area (Å²) in [6.45, 7) is 2.37. The van der Waals surface area contributed by atoms with Crippen molar-refractivity contribution >= 4 is 17.4 Å². The lowest BCUT2D eigenvalue weighted by molar-refractivity contribution is 0.237. The van der Waals surface area contributed by atoms with E-state index >= 15 is 0 Å². The van der Waals surface area contributed by atoms with Crippen molar-refractivity contribution in [2.45, 2.75) is 19.5 Å². The van der Waals surface area contributed by atoms with Crippen LogP contribution in [0.1, 0.15) is 23.5 Å². The lowest BCUT2D eigenvalue weighted by atomic mass is 10.2. The molecule has 0 aliphatic rings. The van der Waals surface area contributed by atoms with Crippen LogP contribution >= 0.6 is 11.3 Å². The van der Waals surface area contributed by atoms with Crippen LogP contribution in [-0.4, -0.2) is 16.0 Å². The van der Waals surface area contributed by atoms with Crippen LogP contribution in [0.4, 0.5) is 4.79 Å². The number of benzene rings is 1. The summed E-state index contributed by atoms with van der Waals surface area (Å²) in [4.78, 5) is 20.7. The van der Waals surface area contributed by atoms with Crippen molar-refractivity contribution < 1.29 is 4.79 Å². The van der Waals surface area contributed by atoms with Crippen LogP contribution in [0, 0.1) is 0 Å². The number of urea groups is 1. The first-order chi connectivity index (χ1) is 11.7. The van der Waals surface area contributed by atoms with Gasteiger partial charge >= 0.3 is 6.03 Å². The number of nitrogens with zero attached hydrogens (tertiary/aromatic N) is 2. The van der Waals surface area contributed by atoms with Crippen LogP contribution in [0.3, 0.4) is 0 Å². The maximum Gasteiger partial charge on any atom is 0.315 e. The summed E-state index contributed by atoms with van der Waals surface area (Å²) in [6, 6.07) is 13.4. The van der Waals surface area contributed by atoms with Crippen LogP contribution in [0.2, 0.25) is 0 Å². The Balaban J connectivity index is 1.56. The summed E-state index contributed by atoms with van der Waals surface area (Å²) in [5, 5.41) is 8.62. The Bertz CT molecular complexity index is 789. The largest absolute Gasteiger partial charge is 0.334 e. The van der Waals surface area contributed by atoms with Gasteiger partial charge in [-0.15, -0.1) is 11.3 Å². The Morgan fingerprint density at radius 2 is 2.04 bits per heavy atom. The maximum atomic E-state index is 12.0. The lowest BCUT2D eigenvalue weighted by Crippen LogP contribution is -2.36. The number of thiazole rings is 1. The SMILES string of the molecule is C[C@H](NC(=O)NCc1cccnc1)c1nc(-c2ccccc2)cs1. The van der Waals surface area contributed by atoms with E-state index in [1.165, 1.54) is 0 Å². The molecule has 5 nitrogen and oxygen atoms in total. The third-order valence-corrected chi connectivity index (χ3v) is 4.51. The monoisotopic (exact) mass is 338 g/mol. The van der Waals surface area contributed by atoms with Crippen molar-refractivity contribution in [3.8, 4) is 11.3 Å². The Kier molecular flexibility index (Phi) is 5.18. The molecule has 2 aromatic heterocycles. The molecule has 24 heavy (non-hydrogen) atoms. The van der Waals surface area contributed by atoms with Gasteiger partial charge in [0.2, 0.25) is 0 Å². The molecule has 3 aromatic rings. The number of hydrogen-bond donors (Lipinski definition) is 2. The van der Waals surface area contributed by atoms with E-state index in [1.807, 2.05) is 54.8 Å². The number of hydrogen-bond acceptors (Lipinski definition) is 4. The predicted molar refractivity (Wildman–Crippen MR) is 95.6 cm³/mol. The van der Waals surface area contributed by atoms with Gasteiger partial charge in [0.25, 0.3) is 0 Å². The molecule has 0 aliphatic carbocycles. The molecule has 0 saturated heterocycles. The van der Waals surface area contributed by atoms with Crippen LogP contribution in [0.25, 0.3) is 11.3 Å². The van der Waals surface area contributed by atoms with Gasteiger partial charge in [-0.2, -0.15) is 0 Å². The molecule has 2 heterocycles. The van der Waals surface area contributed by atoms with Crippen molar-refractivity contribution in [3.63, 3.8) is 0 Å². The van der Waals surface area contributed by atoms with Gasteiger partial charge in [0.15, 0.2) is 0 Å². The standard InChI is InChI=1S/C18H18N4OS/c1-13(21-18(23)20-11-14-6-5-9-19-10-14)17-22-16(12-24-17)15-7-3-2-4-8-15/h2-10,12-13H,11H2,1H3,(H2,20,21,23)/t13-/m0/s1. The van der Waals surface area contributed by atoms with Crippen LogP contribution in [0.15, 0.2) is 60.2 Å². The average molecular weight is 338 g/mol. The molecule has 0 fully saturated rings. The van der Waals surface area contributed by atoms with Crippen molar-refractivity contribution in [1.29, 1.82) is 0 Å². The second-order valence-electron chi connectivity index (χ2n) is 5.35. The van der Waals surface area contributed by atoms with Crippen molar-refractivity contribution in [3.05, 3.63) is 70.8 Å². The number of carbonyl (C=O) groups is 1. The fraction of sp³-hybridized carbons (Fsp3) is 0.167. The van der Waals surface area contributed by atoms with Gasteiger partial charge in [-0.1, -0.05) is 36.4 Å². The van der Waals surface area contributed by atoms with Crippen LogP contribution in [0.5, 0.6) is 0 Å². The van der Waals surface area contributed by atoms with E-state index in [9.17, 15) is 4.79 Å². The normalized spacial score (nSPS) is 11.7. The molecule has 0 radical (unpaired) electrons. The highest BCUT2D eigenvalue weighted by atomic mass is 32.1.